The molecule has 0 spiro atoms. The fraction of sp³-hybridized carbons (Fsp3) is 0.214. The SMILES string of the molecule is c1ccc2c(c1)CC(Cc1cn3ccsc3n1)N2. The second-order valence-electron chi connectivity index (χ2n) is 4.73. The molecule has 1 aliphatic rings. The number of rotatable bonds is 2. The highest BCUT2D eigenvalue weighted by atomic mass is 32.1. The van der Waals surface area contributed by atoms with Gasteiger partial charge in [-0.2, -0.15) is 0 Å². The van der Waals surface area contributed by atoms with Gasteiger partial charge in [-0.3, -0.25) is 4.40 Å². The van der Waals surface area contributed by atoms with E-state index in [1.165, 1.54) is 16.9 Å². The summed E-state index contributed by atoms with van der Waals surface area (Å²) in [5.74, 6) is 0. The van der Waals surface area contributed by atoms with Gasteiger partial charge in [0, 0.05) is 35.9 Å². The van der Waals surface area contributed by atoms with Crippen LogP contribution in [0.2, 0.25) is 0 Å². The molecule has 1 aliphatic heterocycles. The zero-order chi connectivity index (χ0) is 11.9. The minimum absolute atomic E-state index is 0.479. The monoisotopic (exact) mass is 255 g/mol. The summed E-state index contributed by atoms with van der Waals surface area (Å²) in [7, 11) is 0. The molecule has 2 aromatic heterocycles. The molecule has 4 heteroatoms. The molecule has 3 heterocycles. The van der Waals surface area contributed by atoms with Crippen molar-refractivity contribution in [2.45, 2.75) is 18.9 Å². The average Bonchev–Trinajstić information content (AvgIpc) is 3.01. The number of nitrogens with zero attached hydrogens (tertiary/aromatic N) is 2. The summed E-state index contributed by atoms with van der Waals surface area (Å²) in [4.78, 5) is 5.72. The fourth-order valence-corrected chi connectivity index (χ4v) is 3.34. The molecule has 3 nitrogen and oxygen atoms in total. The van der Waals surface area contributed by atoms with Crippen LogP contribution in [0.15, 0.2) is 42.0 Å². The minimum atomic E-state index is 0.479. The van der Waals surface area contributed by atoms with Gasteiger partial charge in [0.15, 0.2) is 4.96 Å². The zero-order valence-corrected chi connectivity index (χ0v) is 10.7. The molecule has 1 unspecified atom stereocenters. The Kier molecular flexibility index (Phi) is 2.17. The van der Waals surface area contributed by atoms with E-state index in [9.17, 15) is 0 Å². The standard InChI is InChI=1S/C14H13N3S/c1-2-4-13-10(3-1)7-11(15-13)8-12-9-17-5-6-18-14(17)16-12/h1-6,9,11,15H,7-8H2. The number of anilines is 1. The Morgan fingerprint density at radius 3 is 3.22 bits per heavy atom. The van der Waals surface area contributed by atoms with E-state index in [1.54, 1.807) is 11.3 Å². The number of benzene rings is 1. The maximum absolute atomic E-state index is 4.64. The molecule has 1 atom stereocenters. The topological polar surface area (TPSA) is 29.3 Å². The number of hydrogen-bond acceptors (Lipinski definition) is 3. The summed E-state index contributed by atoms with van der Waals surface area (Å²) in [5, 5.41) is 5.64. The molecular formula is C14H13N3S. The Labute approximate surface area is 109 Å². The lowest BCUT2D eigenvalue weighted by Crippen LogP contribution is -2.18. The number of nitrogens with one attached hydrogen (secondary N) is 1. The highest BCUT2D eigenvalue weighted by molar-refractivity contribution is 7.15. The molecule has 90 valence electrons. The first kappa shape index (κ1) is 10.1. The van der Waals surface area contributed by atoms with Crippen molar-refractivity contribution in [3.05, 3.63) is 53.3 Å². The van der Waals surface area contributed by atoms with E-state index in [-0.39, 0.29) is 0 Å². The van der Waals surface area contributed by atoms with Gasteiger partial charge < -0.3 is 5.32 Å². The van der Waals surface area contributed by atoms with Crippen molar-refractivity contribution in [1.29, 1.82) is 0 Å². The van der Waals surface area contributed by atoms with Gasteiger partial charge in [-0.15, -0.1) is 11.3 Å². The van der Waals surface area contributed by atoms with Gasteiger partial charge >= 0.3 is 0 Å². The van der Waals surface area contributed by atoms with E-state index in [0.717, 1.165) is 17.8 Å². The van der Waals surface area contributed by atoms with E-state index in [0.29, 0.717) is 6.04 Å². The van der Waals surface area contributed by atoms with E-state index in [1.807, 2.05) is 0 Å². The third-order valence-corrected chi connectivity index (χ3v) is 4.21. The summed E-state index contributed by atoms with van der Waals surface area (Å²) >= 11 is 1.68. The maximum atomic E-state index is 4.64. The molecule has 0 bridgehead atoms. The van der Waals surface area contributed by atoms with Crippen LogP contribution < -0.4 is 5.32 Å². The van der Waals surface area contributed by atoms with Crippen LogP contribution in [0.5, 0.6) is 0 Å². The van der Waals surface area contributed by atoms with Crippen LogP contribution in [0.4, 0.5) is 5.69 Å². The van der Waals surface area contributed by atoms with E-state index >= 15 is 0 Å². The Bertz CT molecular complexity index is 644. The lowest BCUT2D eigenvalue weighted by molar-refractivity contribution is 0.734. The van der Waals surface area contributed by atoms with Gasteiger partial charge in [0.25, 0.3) is 0 Å². The number of para-hydroxylation sites is 1. The molecule has 4 rings (SSSR count). The van der Waals surface area contributed by atoms with Gasteiger partial charge in [0.1, 0.15) is 0 Å². The molecule has 18 heavy (non-hydrogen) atoms. The quantitative estimate of drug-likeness (QED) is 0.763. The average molecular weight is 255 g/mol. The van der Waals surface area contributed by atoms with Crippen molar-refractivity contribution < 1.29 is 0 Å². The lowest BCUT2D eigenvalue weighted by Gasteiger charge is -2.08. The second kappa shape index (κ2) is 3.85. The van der Waals surface area contributed by atoms with Gasteiger partial charge in [-0.05, 0) is 18.1 Å². The molecule has 0 fully saturated rings. The van der Waals surface area contributed by atoms with E-state index in [4.69, 9.17) is 0 Å². The van der Waals surface area contributed by atoms with Crippen LogP contribution in [0.3, 0.4) is 0 Å². The highest BCUT2D eigenvalue weighted by Gasteiger charge is 2.21. The van der Waals surface area contributed by atoms with Crippen molar-refractivity contribution in [2.24, 2.45) is 0 Å². The summed E-state index contributed by atoms with van der Waals surface area (Å²) in [6, 6.07) is 9.03. The van der Waals surface area contributed by atoms with Crippen LogP contribution in [0.25, 0.3) is 4.96 Å². The first-order valence-electron chi connectivity index (χ1n) is 6.14. The lowest BCUT2D eigenvalue weighted by atomic mass is 10.1. The predicted octanol–water partition coefficient (Wildman–Crippen LogP) is 2.98. The number of fused-ring (bicyclic) bond motifs is 2. The van der Waals surface area contributed by atoms with Gasteiger partial charge in [0.2, 0.25) is 0 Å². The molecular weight excluding hydrogens is 242 g/mol. The van der Waals surface area contributed by atoms with Crippen LogP contribution in [-0.2, 0) is 12.8 Å². The van der Waals surface area contributed by atoms with E-state index < -0.39 is 0 Å². The molecule has 0 saturated heterocycles. The first-order chi connectivity index (χ1) is 8.88. The van der Waals surface area contributed by atoms with Crippen LogP contribution in [0, 0.1) is 0 Å². The van der Waals surface area contributed by atoms with Gasteiger partial charge in [0.05, 0.1) is 5.69 Å². The maximum Gasteiger partial charge on any atom is 0.193 e. The molecule has 0 saturated carbocycles. The third kappa shape index (κ3) is 1.61. The number of aromatic nitrogens is 2. The van der Waals surface area contributed by atoms with Gasteiger partial charge in [-0.1, -0.05) is 18.2 Å². The molecule has 1 N–H and O–H groups in total. The van der Waals surface area contributed by atoms with Crippen LogP contribution in [-0.4, -0.2) is 15.4 Å². The summed E-state index contributed by atoms with van der Waals surface area (Å²) in [6.07, 6.45) is 6.29. The molecule has 0 radical (unpaired) electrons. The smallest absolute Gasteiger partial charge is 0.193 e. The number of imidazole rings is 1. The molecule has 0 aliphatic carbocycles. The minimum Gasteiger partial charge on any atom is -0.381 e. The van der Waals surface area contributed by atoms with E-state index in [2.05, 4.69) is 56.7 Å². The third-order valence-electron chi connectivity index (χ3n) is 3.44. The first-order valence-corrected chi connectivity index (χ1v) is 7.02. The molecule has 0 amide bonds. The normalized spacial score (nSPS) is 17.9. The summed E-state index contributed by atoms with van der Waals surface area (Å²) < 4.78 is 2.10. The largest absolute Gasteiger partial charge is 0.381 e. The van der Waals surface area contributed by atoms with Crippen LogP contribution >= 0.6 is 11.3 Å². The Hall–Kier alpha value is -1.81. The van der Waals surface area contributed by atoms with Crippen molar-refractivity contribution in [3.63, 3.8) is 0 Å². The summed E-state index contributed by atoms with van der Waals surface area (Å²) in [5.41, 5.74) is 3.87. The molecule has 3 aromatic rings. The zero-order valence-electron chi connectivity index (χ0n) is 9.84. The van der Waals surface area contributed by atoms with Crippen molar-refractivity contribution in [2.75, 3.05) is 5.32 Å². The Morgan fingerprint density at radius 1 is 1.39 bits per heavy atom. The molecule has 1 aromatic carbocycles. The summed E-state index contributed by atoms with van der Waals surface area (Å²) in [6.45, 7) is 0. The fourth-order valence-electron chi connectivity index (χ4n) is 2.63. The highest BCUT2D eigenvalue weighted by Crippen LogP contribution is 2.26. The Morgan fingerprint density at radius 2 is 2.33 bits per heavy atom. The predicted molar refractivity (Wildman–Crippen MR) is 74.3 cm³/mol. The second-order valence-corrected chi connectivity index (χ2v) is 5.60. The Balaban J connectivity index is 1.55. The van der Waals surface area contributed by atoms with Crippen molar-refractivity contribution >= 4 is 22.0 Å². The van der Waals surface area contributed by atoms with Crippen molar-refractivity contribution in [3.8, 4) is 0 Å². The number of thiazole rings is 1. The van der Waals surface area contributed by atoms with Gasteiger partial charge in [-0.25, -0.2) is 4.98 Å². The number of hydrogen-bond donors (Lipinski definition) is 1. The van der Waals surface area contributed by atoms with Crippen molar-refractivity contribution in [1.82, 2.24) is 9.38 Å². The van der Waals surface area contributed by atoms with Crippen LogP contribution in [0.1, 0.15) is 11.3 Å².